The van der Waals surface area contributed by atoms with Crippen molar-refractivity contribution in [1.82, 2.24) is 20.0 Å². The van der Waals surface area contributed by atoms with Gasteiger partial charge in [-0.3, -0.25) is 9.78 Å². The maximum Gasteiger partial charge on any atom is 0.229 e. The van der Waals surface area contributed by atoms with E-state index in [2.05, 4.69) is 15.1 Å². The molecule has 0 bridgehead atoms. The van der Waals surface area contributed by atoms with Crippen LogP contribution in [0.3, 0.4) is 0 Å². The van der Waals surface area contributed by atoms with Crippen LogP contribution < -0.4 is 0 Å². The van der Waals surface area contributed by atoms with Crippen LogP contribution in [0, 0.1) is 13.8 Å². The Hall–Kier alpha value is -2.28. The van der Waals surface area contributed by atoms with E-state index in [1.165, 1.54) is 0 Å². The lowest BCUT2D eigenvalue weighted by atomic mass is 9.89. The Bertz CT molecular complexity index is 730. The number of likely N-dealkylation sites (tertiary alicyclic amines) is 1. The predicted octanol–water partition coefficient (Wildman–Crippen LogP) is 1.22. The summed E-state index contributed by atoms with van der Waals surface area (Å²) in [6, 6.07) is 3.75. The molecule has 1 saturated heterocycles. The summed E-state index contributed by atoms with van der Waals surface area (Å²) in [6.45, 7) is 4.58. The van der Waals surface area contributed by atoms with E-state index < -0.39 is 5.60 Å². The first-order valence-electron chi connectivity index (χ1n) is 8.15. The van der Waals surface area contributed by atoms with Gasteiger partial charge < -0.3 is 14.5 Å². The molecule has 7 heteroatoms. The molecular weight excluding hydrogens is 308 g/mol. The van der Waals surface area contributed by atoms with Gasteiger partial charge >= 0.3 is 0 Å². The van der Waals surface area contributed by atoms with Gasteiger partial charge in [-0.1, -0.05) is 11.2 Å². The van der Waals surface area contributed by atoms with Gasteiger partial charge in [0.25, 0.3) is 0 Å². The van der Waals surface area contributed by atoms with E-state index in [0.717, 1.165) is 17.7 Å². The molecule has 7 nitrogen and oxygen atoms in total. The van der Waals surface area contributed by atoms with Gasteiger partial charge in [0.1, 0.15) is 0 Å². The molecule has 1 N–H and O–H groups in total. The third-order valence-electron chi connectivity index (χ3n) is 4.42. The number of aryl methyl sites for hydroxylation is 2. The standard InChI is InChI=1S/C17H22N4O3/c1-12-14(5-3-7-18-12)9-16(22)21-8-4-6-17(23,11-21)10-15-19-13(2)20-24-15/h3,5,7,23H,4,6,8-11H2,1-2H3. The molecule has 0 spiro atoms. The molecule has 3 rings (SSSR count). The summed E-state index contributed by atoms with van der Waals surface area (Å²) in [5.74, 6) is 0.961. The highest BCUT2D eigenvalue weighted by atomic mass is 16.5. The Morgan fingerprint density at radius 2 is 2.29 bits per heavy atom. The van der Waals surface area contributed by atoms with Gasteiger partial charge in [-0.15, -0.1) is 0 Å². The average molecular weight is 330 g/mol. The Morgan fingerprint density at radius 3 is 3.00 bits per heavy atom. The van der Waals surface area contributed by atoms with Crippen LogP contribution in [0.1, 0.15) is 35.8 Å². The van der Waals surface area contributed by atoms with Gasteiger partial charge in [0.15, 0.2) is 5.82 Å². The number of hydrogen-bond donors (Lipinski definition) is 1. The molecular formula is C17H22N4O3. The molecule has 1 aliphatic heterocycles. The maximum atomic E-state index is 12.6. The molecule has 24 heavy (non-hydrogen) atoms. The smallest absolute Gasteiger partial charge is 0.229 e. The van der Waals surface area contributed by atoms with Crippen LogP contribution in [0.4, 0.5) is 0 Å². The van der Waals surface area contributed by atoms with Crippen molar-refractivity contribution in [2.75, 3.05) is 13.1 Å². The first kappa shape index (κ1) is 16.6. The van der Waals surface area contributed by atoms with Crippen molar-refractivity contribution in [3.8, 4) is 0 Å². The van der Waals surface area contributed by atoms with Crippen molar-refractivity contribution in [2.45, 2.75) is 45.1 Å². The molecule has 1 atom stereocenters. The van der Waals surface area contributed by atoms with Crippen molar-refractivity contribution < 1.29 is 14.4 Å². The fourth-order valence-electron chi connectivity index (χ4n) is 3.14. The second kappa shape index (κ2) is 6.68. The number of carbonyl (C=O) groups is 1. The second-order valence-electron chi connectivity index (χ2n) is 6.48. The lowest BCUT2D eigenvalue weighted by Gasteiger charge is -2.38. The van der Waals surface area contributed by atoms with Gasteiger partial charge in [-0.05, 0) is 38.3 Å². The zero-order valence-corrected chi connectivity index (χ0v) is 14.0. The van der Waals surface area contributed by atoms with E-state index in [0.29, 0.717) is 31.1 Å². The maximum absolute atomic E-state index is 12.6. The van der Waals surface area contributed by atoms with Crippen LogP contribution in [0.15, 0.2) is 22.9 Å². The number of nitrogens with zero attached hydrogens (tertiary/aromatic N) is 4. The molecule has 1 amide bonds. The summed E-state index contributed by atoms with van der Waals surface area (Å²) < 4.78 is 5.11. The van der Waals surface area contributed by atoms with Gasteiger partial charge in [-0.25, -0.2) is 0 Å². The number of aliphatic hydroxyl groups is 1. The topological polar surface area (TPSA) is 92.4 Å². The molecule has 0 radical (unpaired) electrons. The normalized spacial score (nSPS) is 21.0. The Balaban J connectivity index is 1.66. The highest BCUT2D eigenvalue weighted by Gasteiger charge is 2.37. The zero-order chi connectivity index (χ0) is 17.2. The second-order valence-corrected chi connectivity index (χ2v) is 6.48. The minimum absolute atomic E-state index is 0.00550. The van der Waals surface area contributed by atoms with Gasteiger partial charge in [0.2, 0.25) is 11.8 Å². The molecule has 0 aromatic carbocycles. The first-order valence-corrected chi connectivity index (χ1v) is 8.15. The lowest BCUT2D eigenvalue weighted by Crippen LogP contribution is -2.51. The van der Waals surface area contributed by atoms with Crippen LogP contribution >= 0.6 is 0 Å². The number of aromatic nitrogens is 3. The van der Waals surface area contributed by atoms with Crippen LogP contribution in [0.25, 0.3) is 0 Å². The minimum atomic E-state index is -1.02. The predicted molar refractivity (Wildman–Crippen MR) is 86.2 cm³/mol. The quantitative estimate of drug-likeness (QED) is 0.906. The Labute approximate surface area is 140 Å². The van der Waals surface area contributed by atoms with E-state index in [1.807, 2.05) is 19.1 Å². The van der Waals surface area contributed by atoms with Crippen molar-refractivity contribution in [2.24, 2.45) is 0 Å². The Morgan fingerprint density at radius 1 is 1.46 bits per heavy atom. The summed E-state index contributed by atoms with van der Waals surface area (Å²) >= 11 is 0. The summed E-state index contributed by atoms with van der Waals surface area (Å²) in [6.07, 6.45) is 3.65. The highest BCUT2D eigenvalue weighted by Crippen LogP contribution is 2.25. The minimum Gasteiger partial charge on any atom is -0.388 e. The molecule has 128 valence electrons. The molecule has 1 unspecified atom stereocenters. The van der Waals surface area contributed by atoms with Gasteiger partial charge in [-0.2, -0.15) is 4.98 Å². The van der Waals surface area contributed by atoms with E-state index in [1.54, 1.807) is 18.0 Å². The zero-order valence-electron chi connectivity index (χ0n) is 14.0. The molecule has 1 fully saturated rings. The summed E-state index contributed by atoms with van der Waals surface area (Å²) in [4.78, 5) is 22.7. The van der Waals surface area contributed by atoms with E-state index in [9.17, 15) is 9.90 Å². The SMILES string of the molecule is Cc1noc(CC2(O)CCCN(C(=O)Cc3cccnc3C)C2)n1. The van der Waals surface area contributed by atoms with Gasteiger partial charge in [0, 0.05) is 25.0 Å². The van der Waals surface area contributed by atoms with Crippen LogP contribution in [-0.4, -0.2) is 49.7 Å². The highest BCUT2D eigenvalue weighted by molar-refractivity contribution is 5.79. The molecule has 3 heterocycles. The molecule has 0 saturated carbocycles. The number of β-amino-alcohol motifs (C(OH)–C–C–N with tert-alkyl or cyclic N) is 1. The summed E-state index contributed by atoms with van der Waals surface area (Å²) in [5, 5.41) is 14.6. The van der Waals surface area contributed by atoms with Crippen molar-refractivity contribution in [3.05, 3.63) is 41.3 Å². The van der Waals surface area contributed by atoms with Crippen LogP contribution in [0.2, 0.25) is 0 Å². The Kier molecular flexibility index (Phi) is 4.62. The average Bonchev–Trinajstić information content (AvgIpc) is 2.94. The van der Waals surface area contributed by atoms with Crippen LogP contribution in [-0.2, 0) is 17.6 Å². The monoisotopic (exact) mass is 330 g/mol. The first-order chi connectivity index (χ1) is 11.5. The molecule has 1 aliphatic rings. The van der Waals surface area contributed by atoms with Gasteiger partial charge in [0.05, 0.1) is 18.4 Å². The number of carbonyl (C=O) groups excluding carboxylic acids is 1. The van der Waals surface area contributed by atoms with Crippen LogP contribution in [0.5, 0.6) is 0 Å². The molecule has 0 aliphatic carbocycles. The molecule has 2 aromatic heterocycles. The van der Waals surface area contributed by atoms with Crippen molar-refractivity contribution >= 4 is 5.91 Å². The fourth-order valence-corrected chi connectivity index (χ4v) is 3.14. The number of amides is 1. The number of rotatable bonds is 4. The van der Waals surface area contributed by atoms with E-state index >= 15 is 0 Å². The third-order valence-corrected chi connectivity index (χ3v) is 4.42. The number of pyridine rings is 1. The summed E-state index contributed by atoms with van der Waals surface area (Å²) in [7, 11) is 0. The van der Waals surface area contributed by atoms with Crippen molar-refractivity contribution in [3.63, 3.8) is 0 Å². The van der Waals surface area contributed by atoms with E-state index in [4.69, 9.17) is 4.52 Å². The van der Waals surface area contributed by atoms with E-state index in [-0.39, 0.29) is 18.9 Å². The third kappa shape index (κ3) is 3.79. The fraction of sp³-hybridized carbons (Fsp3) is 0.529. The lowest BCUT2D eigenvalue weighted by molar-refractivity contribution is -0.137. The number of hydrogen-bond acceptors (Lipinski definition) is 6. The summed E-state index contributed by atoms with van der Waals surface area (Å²) in [5.41, 5.74) is 0.764. The largest absolute Gasteiger partial charge is 0.388 e. The molecule has 2 aromatic rings. The van der Waals surface area contributed by atoms with Crippen molar-refractivity contribution in [1.29, 1.82) is 0 Å². The number of piperidine rings is 1.